The number of carbonyl (C=O) groups is 1. The van der Waals surface area contributed by atoms with Crippen LogP contribution in [0.4, 0.5) is 0 Å². The first-order chi connectivity index (χ1) is 13.1. The highest BCUT2D eigenvalue weighted by Gasteiger charge is 2.30. The second kappa shape index (κ2) is 7.70. The van der Waals surface area contributed by atoms with Crippen LogP contribution >= 0.6 is 22.9 Å². The SMILES string of the molecule is O=C(Cc1ccccc1Cl)NCCn1nc(-c2cccs2)n(C2CC2)c1=O. The lowest BCUT2D eigenvalue weighted by Gasteiger charge is -2.06. The number of nitrogens with zero attached hydrogens (tertiary/aromatic N) is 3. The van der Waals surface area contributed by atoms with Gasteiger partial charge in [0.25, 0.3) is 0 Å². The van der Waals surface area contributed by atoms with Crippen LogP contribution in [0.15, 0.2) is 46.6 Å². The van der Waals surface area contributed by atoms with Gasteiger partial charge in [0.05, 0.1) is 17.8 Å². The second-order valence-electron chi connectivity index (χ2n) is 6.53. The molecule has 0 aliphatic heterocycles. The van der Waals surface area contributed by atoms with Gasteiger partial charge in [0, 0.05) is 17.6 Å². The molecule has 0 bridgehead atoms. The Hall–Kier alpha value is -2.38. The zero-order chi connectivity index (χ0) is 18.8. The summed E-state index contributed by atoms with van der Waals surface area (Å²) in [5, 5.41) is 9.91. The Morgan fingerprint density at radius 1 is 1.26 bits per heavy atom. The maximum atomic E-state index is 12.7. The maximum Gasteiger partial charge on any atom is 0.346 e. The standard InChI is InChI=1S/C19H19ClN4O2S/c20-15-5-2-1-4-13(15)12-17(25)21-9-10-23-19(26)24(14-7-8-14)18(22-23)16-6-3-11-27-16/h1-6,11,14H,7-10,12H2,(H,21,25). The number of hydrogen-bond acceptors (Lipinski definition) is 4. The summed E-state index contributed by atoms with van der Waals surface area (Å²) >= 11 is 7.66. The number of hydrogen-bond donors (Lipinski definition) is 1. The van der Waals surface area contributed by atoms with Gasteiger partial charge in [0.1, 0.15) is 0 Å². The monoisotopic (exact) mass is 402 g/mol. The third-order valence-electron chi connectivity index (χ3n) is 4.48. The number of rotatable bonds is 7. The molecule has 1 N–H and O–H groups in total. The van der Waals surface area contributed by atoms with Crippen molar-refractivity contribution in [2.45, 2.75) is 31.8 Å². The molecular formula is C19H19ClN4O2S. The molecule has 0 radical (unpaired) electrons. The largest absolute Gasteiger partial charge is 0.354 e. The molecule has 2 heterocycles. The maximum absolute atomic E-state index is 12.7. The van der Waals surface area contributed by atoms with Gasteiger partial charge in [-0.05, 0) is 35.9 Å². The smallest absolute Gasteiger partial charge is 0.346 e. The zero-order valence-electron chi connectivity index (χ0n) is 14.6. The van der Waals surface area contributed by atoms with Crippen molar-refractivity contribution in [2.24, 2.45) is 0 Å². The molecule has 1 aliphatic carbocycles. The molecular weight excluding hydrogens is 384 g/mol. The van der Waals surface area contributed by atoms with Crippen LogP contribution in [0.1, 0.15) is 24.4 Å². The molecule has 0 atom stereocenters. The highest BCUT2D eigenvalue weighted by Crippen LogP contribution is 2.37. The van der Waals surface area contributed by atoms with E-state index in [1.54, 1.807) is 22.0 Å². The summed E-state index contributed by atoms with van der Waals surface area (Å²) in [6.45, 7) is 0.680. The summed E-state index contributed by atoms with van der Waals surface area (Å²) in [6.07, 6.45) is 2.24. The molecule has 8 heteroatoms. The number of benzene rings is 1. The van der Waals surface area contributed by atoms with Gasteiger partial charge in [-0.25, -0.2) is 9.48 Å². The van der Waals surface area contributed by atoms with Gasteiger partial charge in [0.15, 0.2) is 5.82 Å². The Balaban J connectivity index is 1.41. The third kappa shape index (κ3) is 3.99. The molecule has 3 aromatic rings. The van der Waals surface area contributed by atoms with Crippen molar-refractivity contribution in [3.8, 4) is 10.7 Å². The van der Waals surface area contributed by atoms with Gasteiger partial charge in [0.2, 0.25) is 5.91 Å². The zero-order valence-corrected chi connectivity index (χ0v) is 16.2. The number of amides is 1. The van der Waals surface area contributed by atoms with Crippen molar-refractivity contribution in [3.63, 3.8) is 0 Å². The van der Waals surface area contributed by atoms with Crippen LogP contribution in [0.5, 0.6) is 0 Å². The molecule has 1 aromatic carbocycles. The van der Waals surface area contributed by atoms with Crippen LogP contribution in [0.25, 0.3) is 10.7 Å². The highest BCUT2D eigenvalue weighted by molar-refractivity contribution is 7.13. The van der Waals surface area contributed by atoms with E-state index in [-0.39, 0.29) is 24.1 Å². The molecule has 0 unspecified atom stereocenters. The summed E-state index contributed by atoms with van der Waals surface area (Å²) in [6, 6.07) is 11.5. The molecule has 2 aromatic heterocycles. The normalized spacial score (nSPS) is 13.7. The van der Waals surface area contributed by atoms with Crippen LogP contribution < -0.4 is 11.0 Å². The average molecular weight is 403 g/mol. The minimum atomic E-state index is -0.128. The van der Waals surface area contributed by atoms with Gasteiger partial charge < -0.3 is 5.32 Å². The number of carbonyl (C=O) groups excluding carboxylic acids is 1. The lowest BCUT2D eigenvalue weighted by atomic mass is 10.1. The van der Waals surface area contributed by atoms with Crippen molar-refractivity contribution in [2.75, 3.05) is 6.54 Å². The second-order valence-corrected chi connectivity index (χ2v) is 7.88. The Bertz CT molecular complexity index is 1010. The minimum Gasteiger partial charge on any atom is -0.354 e. The highest BCUT2D eigenvalue weighted by atomic mass is 35.5. The van der Waals surface area contributed by atoms with E-state index in [0.29, 0.717) is 18.1 Å². The van der Waals surface area contributed by atoms with Crippen LogP contribution in [0.3, 0.4) is 0 Å². The molecule has 6 nitrogen and oxygen atoms in total. The third-order valence-corrected chi connectivity index (χ3v) is 5.71. The van der Waals surface area contributed by atoms with Crippen LogP contribution in [-0.2, 0) is 17.8 Å². The summed E-state index contributed by atoms with van der Waals surface area (Å²) in [5.74, 6) is 0.594. The van der Waals surface area contributed by atoms with Crippen LogP contribution in [0, 0.1) is 0 Å². The summed E-state index contributed by atoms with van der Waals surface area (Å²) < 4.78 is 3.24. The van der Waals surface area contributed by atoms with Crippen molar-refractivity contribution in [1.29, 1.82) is 0 Å². The van der Waals surface area contributed by atoms with E-state index in [1.807, 2.05) is 35.7 Å². The first-order valence-electron chi connectivity index (χ1n) is 8.87. The van der Waals surface area contributed by atoms with Gasteiger partial charge in [-0.1, -0.05) is 35.9 Å². The van der Waals surface area contributed by atoms with Crippen molar-refractivity contribution in [1.82, 2.24) is 19.7 Å². The summed E-state index contributed by atoms with van der Waals surface area (Å²) in [7, 11) is 0. The lowest BCUT2D eigenvalue weighted by molar-refractivity contribution is -0.120. The predicted molar refractivity (Wildman–Crippen MR) is 106 cm³/mol. The molecule has 0 saturated heterocycles. The Morgan fingerprint density at radius 2 is 2.07 bits per heavy atom. The molecule has 27 heavy (non-hydrogen) atoms. The average Bonchev–Trinajstić information content (AvgIpc) is 3.23. The summed E-state index contributed by atoms with van der Waals surface area (Å²) in [5.41, 5.74) is 0.674. The Kier molecular flexibility index (Phi) is 5.13. The van der Waals surface area contributed by atoms with Crippen LogP contribution in [0.2, 0.25) is 5.02 Å². The van der Waals surface area contributed by atoms with Gasteiger partial charge in [-0.15, -0.1) is 16.4 Å². The molecule has 1 fully saturated rings. The first kappa shape index (κ1) is 18.0. The minimum absolute atomic E-state index is 0.110. The van der Waals surface area contributed by atoms with Crippen molar-refractivity contribution >= 4 is 28.8 Å². The molecule has 140 valence electrons. The Labute approximate surface area is 165 Å². The fourth-order valence-electron chi connectivity index (χ4n) is 2.98. The van der Waals surface area contributed by atoms with E-state index in [4.69, 9.17) is 11.6 Å². The van der Waals surface area contributed by atoms with Gasteiger partial charge in [-0.2, -0.15) is 0 Å². The van der Waals surface area contributed by atoms with E-state index in [0.717, 1.165) is 29.1 Å². The number of nitrogens with one attached hydrogen (secondary N) is 1. The van der Waals surface area contributed by atoms with E-state index in [9.17, 15) is 9.59 Å². The van der Waals surface area contributed by atoms with E-state index < -0.39 is 0 Å². The molecule has 0 spiro atoms. The number of thiophene rings is 1. The van der Waals surface area contributed by atoms with Gasteiger partial charge >= 0.3 is 5.69 Å². The van der Waals surface area contributed by atoms with Crippen molar-refractivity contribution in [3.05, 3.63) is 62.8 Å². The van der Waals surface area contributed by atoms with Gasteiger partial charge in [-0.3, -0.25) is 9.36 Å². The molecule has 4 rings (SSSR count). The Morgan fingerprint density at radius 3 is 2.78 bits per heavy atom. The van der Waals surface area contributed by atoms with E-state index in [1.165, 1.54) is 4.68 Å². The topological polar surface area (TPSA) is 68.9 Å². The quantitative estimate of drug-likeness (QED) is 0.660. The van der Waals surface area contributed by atoms with E-state index in [2.05, 4.69) is 10.4 Å². The molecule has 1 aliphatic rings. The molecule has 1 saturated carbocycles. The number of halogens is 1. The molecule has 1 amide bonds. The van der Waals surface area contributed by atoms with E-state index >= 15 is 0 Å². The van der Waals surface area contributed by atoms with Crippen molar-refractivity contribution < 1.29 is 4.79 Å². The predicted octanol–water partition coefficient (Wildman–Crippen LogP) is 3.12. The number of aromatic nitrogens is 3. The fraction of sp³-hybridized carbons (Fsp3) is 0.316. The first-order valence-corrected chi connectivity index (χ1v) is 10.1. The summed E-state index contributed by atoms with van der Waals surface area (Å²) in [4.78, 5) is 25.8. The fourth-order valence-corrected chi connectivity index (χ4v) is 3.89. The van der Waals surface area contributed by atoms with Crippen LogP contribution in [-0.4, -0.2) is 26.8 Å². The lowest BCUT2D eigenvalue weighted by Crippen LogP contribution is -2.32.